The van der Waals surface area contributed by atoms with Crippen LogP contribution in [0.4, 0.5) is 0 Å². The van der Waals surface area contributed by atoms with Crippen molar-refractivity contribution in [2.45, 2.75) is 19.4 Å². The molecule has 1 aliphatic rings. The summed E-state index contributed by atoms with van der Waals surface area (Å²) in [6.07, 6.45) is 2.41. The van der Waals surface area contributed by atoms with Crippen LogP contribution in [0.2, 0.25) is 5.02 Å². The molecule has 0 N–H and O–H groups in total. The maximum atomic E-state index is 6.19. The minimum atomic E-state index is 0.814. The van der Waals surface area contributed by atoms with Crippen molar-refractivity contribution in [1.82, 2.24) is 4.57 Å². The van der Waals surface area contributed by atoms with Gasteiger partial charge >= 0.3 is 0 Å². The summed E-state index contributed by atoms with van der Waals surface area (Å²) < 4.78 is 2.45. The van der Waals surface area contributed by atoms with E-state index in [9.17, 15) is 0 Å². The van der Waals surface area contributed by atoms with E-state index in [1.54, 1.807) is 0 Å². The summed E-state index contributed by atoms with van der Waals surface area (Å²) in [4.78, 5) is 0. The average molecular weight is 268 g/mol. The number of halogens is 1. The summed E-state index contributed by atoms with van der Waals surface area (Å²) in [5.74, 6) is 0. The Labute approximate surface area is 117 Å². The van der Waals surface area contributed by atoms with E-state index in [0.29, 0.717) is 0 Å². The molecule has 4 rings (SSSR count). The van der Waals surface area contributed by atoms with Gasteiger partial charge < -0.3 is 4.57 Å². The topological polar surface area (TPSA) is 4.93 Å². The number of rotatable bonds is 1. The van der Waals surface area contributed by atoms with E-state index in [1.807, 2.05) is 6.07 Å². The van der Waals surface area contributed by atoms with Crippen LogP contribution < -0.4 is 0 Å². The number of aryl methyl sites for hydroxylation is 1. The van der Waals surface area contributed by atoms with Gasteiger partial charge in [-0.3, -0.25) is 0 Å². The fourth-order valence-corrected chi connectivity index (χ4v) is 3.40. The lowest BCUT2D eigenvalue weighted by atomic mass is 10.0. The Balaban J connectivity index is 2.12. The molecule has 19 heavy (non-hydrogen) atoms. The zero-order valence-electron chi connectivity index (χ0n) is 10.6. The van der Waals surface area contributed by atoms with Crippen LogP contribution in [0, 0.1) is 0 Å². The van der Waals surface area contributed by atoms with Crippen LogP contribution in [-0.4, -0.2) is 4.57 Å². The monoisotopic (exact) mass is 267 g/mol. The van der Waals surface area contributed by atoms with Crippen LogP contribution in [0.25, 0.3) is 22.0 Å². The molecule has 0 amide bonds. The van der Waals surface area contributed by atoms with Crippen molar-refractivity contribution < 1.29 is 0 Å². The molecule has 0 spiro atoms. The number of hydrogen-bond donors (Lipinski definition) is 0. The van der Waals surface area contributed by atoms with Gasteiger partial charge in [-0.2, -0.15) is 0 Å². The van der Waals surface area contributed by atoms with Gasteiger partial charge in [0.2, 0.25) is 0 Å². The van der Waals surface area contributed by atoms with Crippen molar-refractivity contribution in [2.75, 3.05) is 0 Å². The third-order valence-corrected chi connectivity index (χ3v) is 4.23. The lowest BCUT2D eigenvalue weighted by Gasteiger charge is -2.03. The lowest BCUT2D eigenvalue weighted by molar-refractivity contribution is 0.772. The molecule has 0 fully saturated rings. The molecule has 0 unspecified atom stereocenters. The SMILES string of the molecule is Clc1ccc2c(c1)c(-c1ccccc1)c1n2CCC1. The molecule has 0 aliphatic carbocycles. The first kappa shape index (κ1) is 11.1. The van der Waals surface area contributed by atoms with E-state index >= 15 is 0 Å². The van der Waals surface area contributed by atoms with Gasteiger partial charge in [0.05, 0.1) is 0 Å². The Kier molecular flexibility index (Phi) is 2.42. The zero-order valence-corrected chi connectivity index (χ0v) is 11.3. The van der Waals surface area contributed by atoms with Crippen molar-refractivity contribution >= 4 is 22.5 Å². The highest BCUT2D eigenvalue weighted by molar-refractivity contribution is 6.31. The van der Waals surface area contributed by atoms with E-state index in [1.165, 1.54) is 34.1 Å². The van der Waals surface area contributed by atoms with E-state index < -0.39 is 0 Å². The maximum absolute atomic E-state index is 6.19. The highest BCUT2D eigenvalue weighted by Crippen LogP contribution is 2.39. The van der Waals surface area contributed by atoms with E-state index in [4.69, 9.17) is 11.6 Å². The van der Waals surface area contributed by atoms with E-state index in [2.05, 4.69) is 47.0 Å². The van der Waals surface area contributed by atoms with Crippen molar-refractivity contribution in [3.8, 4) is 11.1 Å². The molecule has 0 bridgehead atoms. The van der Waals surface area contributed by atoms with Gasteiger partial charge in [-0.1, -0.05) is 41.9 Å². The lowest BCUT2D eigenvalue weighted by Crippen LogP contribution is -1.90. The Morgan fingerprint density at radius 2 is 1.84 bits per heavy atom. The molecule has 1 aliphatic heterocycles. The van der Waals surface area contributed by atoms with E-state index in [-0.39, 0.29) is 0 Å². The normalized spacial score (nSPS) is 13.9. The maximum Gasteiger partial charge on any atom is 0.0490 e. The molecular formula is C17H14ClN. The fraction of sp³-hybridized carbons (Fsp3) is 0.176. The summed E-state index contributed by atoms with van der Waals surface area (Å²) in [7, 11) is 0. The second-order valence-electron chi connectivity index (χ2n) is 5.10. The van der Waals surface area contributed by atoms with Crippen LogP contribution in [0.1, 0.15) is 12.1 Å². The molecule has 2 aromatic carbocycles. The second-order valence-corrected chi connectivity index (χ2v) is 5.54. The van der Waals surface area contributed by atoms with Crippen LogP contribution in [-0.2, 0) is 13.0 Å². The molecule has 94 valence electrons. The molecule has 2 heterocycles. The second kappa shape index (κ2) is 4.14. The van der Waals surface area contributed by atoms with Crippen molar-refractivity contribution in [2.24, 2.45) is 0 Å². The average Bonchev–Trinajstić information content (AvgIpc) is 2.99. The zero-order chi connectivity index (χ0) is 12.8. The quantitative estimate of drug-likeness (QED) is 0.590. The van der Waals surface area contributed by atoms with E-state index in [0.717, 1.165) is 18.0 Å². The summed E-state index contributed by atoms with van der Waals surface area (Å²) >= 11 is 6.19. The number of fused-ring (bicyclic) bond motifs is 3. The molecule has 0 saturated heterocycles. The summed E-state index contributed by atoms with van der Waals surface area (Å²) in [5.41, 5.74) is 5.44. The number of benzene rings is 2. The highest BCUT2D eigenvalue weighted by atomic mass is 35.5. The fourth-order valence-electron chi connectivity index (χ4n) is 3.23. The minimum Gasteiger partial charge on any atom is -0.344 e. The largest absolute Gasteiger partial charge is 0.344 e. The predicted molar refractivity (Wildman–Crippen MR) is 80.7 cm³/mol. The van der Waals surface area contributed by atoms with Gasteiger partial charge in [0, 0.05) is 33.7 Å². The Morgan fingerprint density at radius 3 is 2.68 bits per heavy atom. The van der Waals surface area contributed by atoms with Gasteiger partial charge in [-0.25, -0.2) is 0 Å². The molecule has 2 heteroatoms. The summed E-state index contributed by atoms with van der Waals surface area (Å²) in [6.45, 7) is 1.13. The van der Waals surface area contributed by atoms with Gasteiger partial charge in [0.25, 0.3) is 0 Å². The minimum absolute atomic E-state index is 0.814. The summed E-state index contributed by atoms with van der Waals surface area (Å²) in [5, 5.41) is 2.10. The first-order valence-corrected chi connectivity index (χ1v) is 7.08. The van der Waals surface area contributed by atoms with Gasteiger partial charge in [-0.05, 0) is 36.6 Å². The third-order valence-electron chi connectivity index (χ3n) is 3.99. The van der Waals surface area contributed by atoms with Gasteiger partial charge in [0.1, 0.15) is 0 Å². The van der Waals surface area contributed by atoms with Crippen LogP contribution >= 0.6 is 11.6 Å². The first-order valence-electron chi connectivity index (χ1n) is 6.70. The Bertz CT molecular complexity index is 756. The van der Waals surface area contributed by atoms with Crippen LogP contribution in [0.15, 0.2) is 48.5 Å². The number of hydrogen-bond acceptors (Lipinski definition) is 0. The van der Waals surface area contributed by atoms with Gasteiger partial charge in [0.15, 0.2) is 0 Å². The Morgan fingerprint density at radius 1 is 1.00 bits per heavy atom. The van der Waals surface area contributed by atoms with Crippen molar-refractivity contribution in [3.05, 3.63) is 59.2 Å². The highest BCUT2D eigenvalue weighted by Gasteiger charge is 2.21. The Hall–Kier alpha value is -1.73. The van der Waals surface area contributed by atoms with Crippen molar-refractivity contribution in [1.29, 1.82) is 0 Å². The molecule has 1 aromatic heterocycles. The molecule has 1 nitrogen and oxygen atoms in total. The van der Waals surface area contributed by atoms with Crippen LogP contribution in [0.5, 0.6) is 0 Å². The standard InChI is InChI=1S/C17H14ClN/c18-13-8-9-15-14(11-13)17(12-5-2-1-3-6-12)16-7-4-10-19(15)16/h1-3,5-6,8-9,11H,4,7,10H2. The predicted octanol–water partition coefficient (Wildman–Crippen LogP) is 4.91. The molecule has 3 aromatic rings. The third kappa shape index (κ3) is 1.62. The van der Waals surface area contributed by atoms with Crippen LogP contribution in [0.3, 0.4) is 0 Å². The summed E-state index contributed by atoms with van der Waals surface area (Å²) in [6, 6.07) is 16.9. The van der Waals surface area contributed by atoms with Crippen molar-refractivity contribution in [3.63, 3.8) is 0 Å². The smallest absolute Gasteiger partial charge is 0.0490 e. The molecule has 0 radical (unpaired) electrons. The number of nitrogens with zero attached hydrogens (tertiary/aromatic N) is 1. The molecule has 0 atom stereocenters. The number of aromatic nitrogens is 1. The molecular weight excluding hydrogens is 254 g/mol. The first-order chi connectivity index (χ1) is 9.34. The molecule has 0 saturated carbocycles. The van der Waals surface area contributed by atoms with Gasteiger partial charge in [-0.15, -0.1) is 0 Å².